The minimum absolute atomic E-state index is 0.0245. The van der Waals surface area contributed by atoms with Crippen LogP contribution in [-0.4, -0.2) is 34.2 Å². The molecular formula is C18H20ClN3O2. The van der Waals surface area contributed by atoms with Gasteiger partial charge in [-0.05, 0) is 24.1 Å². The maximum atomic E-state index is 12.8. The lowest BCUT2D eigenvalue weighted by atomic mass is 10.0. The van der Waals surface area contributed by atoms with Crippen molar-refractivity contribution in [1.82, 2.24) is 9.88 Å². The van der Waals surface area contributed by atoms with E-state index in [0.29, 0.717) is 30.5 Å². The predicted molar refractivity (Wildman–Crippen MR) is 94.2 cm³/mol. The molecule has 126 valence electrons. The van der Waals surface area contributed by atoms with Crippen LogP contribution in [-0.2, 0) is 22.6 Å². The molecular weight excluding hydrogens is 326 g/mol. The van der Waals surface area contributed by atoms with Crippen molar-refractivity contribution in [2.24, 2.45) is 11.1 Å². The summed E-state index contributed by atoms with van der Waals surface area (Å²) in [6.45, 7) is 5.42. The van der Waals surface area contributed by atoms with Crippen LogP contribution < -0.4 is 0 Å². The minimum atomic E-state index is -0.474. The zero-order chi connectivity index (χ0) is 16.8. The number of rotatable bonds is 2. The van der Waals surface area contributed by atoms with Gasteiger partial charge in [-0.1, -0.05) is 30.6 Å². The van der Waals surface area contributed by atoms with Crippen LogP contribution in [0.4, 0.5) is 0 Å². The summed E-state index contributed by atoms with van der Waals surface area (Å²) in [5, 5.41) is 5.88. The number of aromatic amines is 1. The molecule has 2 aromatic rings. The number of H-pyrrole nitrogens is 1. The molecule has 1 aromatic heterocycles. The Kier molecular flexibility index (Phi) is 3.76. The highest BCUT2D eigenvalue weighted by molar-refractivity contribution is 6.31. The molecule has 24 heavy (non-hydrogen) atoms. The van der Waals surface area contributed by atoms with E-state index in [2.05, 4.69) is 24.0 Å². The lowest BCUT2D eigenvalue weighted by Gasteiger charge is -2.28. The summed E-state index contributed by atoms with van der Waals surface area (Å²) in [7, 11) is 0. The second-order valence-corrected chi connectivity index (χ2v) is 7.25. The number of amides is 1. The molecule has 6 heteroatoms. The number of benzene rings is 1. The normalized spacial score (nSPS) is 20.2. The number of nitrogens with one attached hydrogen (secondary N) is 1. The highest BCUT2D eigenvalue weighted by atomic mass is 35.5. The summed E-state index contributed by atoms with van der Waals surface area (Å²) in [6.07, 6.45) is 0.940. The van der Waals surface area contributed by atoms with Crippen LogP contribution in [0.3, 0.4) is 0 Å². The lowest BCUT2D eigenvalue weighted by molar-refractivity contribution is -0.143. The van der Waals surface area contributed by atoms with Gasteiger partial charge in [-0.25, -0.2) is 0 Å². The molecule has 4 rings (SSSR count). The van der Waals surface area contributed by atoms with Crippen molar-refractivity contribution in [1.29, 1.82) is 0 Å². The number of carbonyl (C=O) groups excluding carboxylic acids is 1. The van der Waals surface area contributed by atoms with Crippen molar-refractivity contribution in [3.63, 3.8) is 0 Å². The first-order valence-electron chi connectivity index (χ1n) is 8.33. The van der Waals surface area contributed by atoms with Crippen LogP contribution in [0, 0.1) is 5.92 Å². The summed E-state index contributed by atoms with van der Waals surface area (Å²) >= 11 is 6.14. The number of hydrogen-bond donors (Lipinski definition) is 1. The molecule has 2 aliphatic rings. The van der Waals surface area contributed by atoms with Crippen LogP contribution in [0.25, 0.3) is 10.9 Å². The quantitative estimate of drug-likeness (QED) is 0.905. The van der Waals surface area contributed by atoms with E-state index in [1.807, 2.05) is 23.1 Å². The Bertz CT molecular complexity index is 840. The number of halogens is 1. The first-order valence-corrected chi connectivity index (χ1v) is 8.71. The van der Waals surface area contributed by atoms with Crippen molar-refractivity contribution in [2.75, 3.05) is 6.54 Å². The molecule has 3 heterocycles. The first-order chi connectivity index (χ1) is 11.5. The largest absolute Gasteiger partial charge is 0.382 e. The fourth-order valence-electron chi connectivity index (χ4n) is 3.45. The Labute approximate surface area is 145 Å². The molecule has 0 unspecified atom stereocenters. The molecule has 2 aliphatic heterocycles. The molecule has 5 nitrogen and oxygen atoms in total. The molecule has 0 radical (unpaired) electrons. The summed E-state index contributed by atoms with van der Waals surface area (Å²) < 4.78 is 0. The molecule has 0 aliphatic carbocycles. The number of fused-ring (bicyclic) bond motifs is 3. The molecule has 0 bridgehead atoms. The molecule has 1 atom stereocenters. The molecule has 0 saturated carbocycles. The van der Waals surface area contributed by atoms with E-state index in [1.54, 1.807) is 0 Å². The van der Waals surface area contributed by atoms with Gasteiger partial charge >= 0.3 is 0 Å². The number of carbonyl (C=O) groups is 1. The summed E-state index contributed by atoms with van der Waals surface area (Å²) in [4.78, 5) is 23.5. The van der Waals surface area contributed by atoms with Crippen LogP contribution in [0.15, 0.2) is 23.4 Å². The minimum Gasteiger partial charge on any atom is -0.382 e. The van der Waals surface area contributed by atoms with Crippen molar-refractivity contribution in [2.45, 2.75) is 39.3 Å². The van der Waals surface area contributed by atoms with E-state index < -0.39 is 6.10 Å². The third kappa shape index (κ3) is 2.57. The second-order valence-electron chi connectivity index (χ2n) is 6.82. The van der Waals surface area contributed by atoms with Gasteiger partial charge < -0.3 is 14.7 Å². The summed E-state index contributed by atoms with van der Waals surface area (Å²) in [5.41, 5.74) is 4.39. The van der Waals surface area contributed by atoms with E-state index in [1.165, 1.54) is 5.69 Å². The van der Waals surface area contributed by atoms with E-state index >= 15 is 0 Å². The van der Waals surface area contributed by atoms with Gasteiger partial charge in [-0.2, -0.15) is 0 Å². The molecule has 1 N–H and O–H groups in total. The van der Waals surface area contributed by atoms with Crippen LogP contribution in [0.2, 0.25) is 5.02 Å². The van der Waals surface area contributed by atoms with Crippen molar-refractivity contribution < 1.29 is 9.63 Å². The monoisotopic (exact) mass is 345 g/mol. The second kappa shape index (κ2) is 5.81. The highest BCUT2D eigenvalue weighted by Crippen LogP contribution is 2.30. The van der Waals surface area contributed by atoms with Gasteiger partial charge in [0.25, 0.3) is 5.91 Å². The van der Waals surface area contributed by atoms with Gasteiger partial charge in [0.1, 0.15) is 0 Å². The maximum absolute atomic E-state index is 12.8. The molecule has 0 fully saturated rings. The third-order valence-corrected chi connectivity index (χ3v) is 5.12. The third-order valence-electron chi connectivity index (χ3n) is 4.88. The number of oxime groups is 1. The maximum Gasteiger partial charge on any atom is 0.267 e. The van der Waals surface area contributed by atoms with Gasteiger partial charge in [-0.3, -0.25) is 4.79 Å². The number of aromatic nitrogens is 1. The molecule has 0 spiro atoms. The molecule has 0 saturated heterocycles. The van der Waals surface area contributed by atoms with Crippen molar-refractivity contribution in [3.05, 3.63) is 34.5 Å². The highest BCUT2D eigenvalue weighted by Gasteiger charge is 2.34. The number of hydrogen-bond acceptors (Lipinski definition) is 3. The predicted octanol–water partition coefficient (Wildman–Crippen LogP) is 3.51. The van der Waals surface area contributed by atoms with Crippen LogP contribution >= 0.6 is 11.6 Å². The van der Waals surface area contributed by atoms with E-state index in [-0.39, 0.29) is 5.91 Å². The average Bonchev–Trinajstić information content (AvgIpc) is 3.18. The van der Waals surface area contributed by atoms with Gasteiger partial charge in [0.05, 0.1) is 5.71 Å². The van der Waals surface area contributed by atoms with Gasteiger partial charge in [-0.15, -0.1) is 0 Å². The Morgan fingerprint density at radius 3 is 3.04 bits per heavy atom. The molecule has 1 aromatic carbocycles. The zero-order valence-electron chi connectivity index (χ0n) is 13.8. The Morgan fingerprint density at radius 2 is 2.29 bits per heavy atom. The topological polar surface area (TPSA) is 57.7 Å². The van der Waals surface area contributed by atoms with Crippen LogP contribution in [0.1, 0.15) is 31.5 Å². The standard InChI is InChI=1S/C18H20ClN3O2/c1-10(2)16-8-17(24-21-16)18(23)22-6-5-15-13(9-22)12-7-11(19)3-4-14(12)20-15/h3-4,7,10,17,20H,5-6,8-9H2,1-2H3/t17-/m1/s1. The number of nitrogens with zero attached hydrogens (tertiary/aromatic N) is 2. The average molecular weight is 346 g/mol. The Balaban J connectivity index is 1.55. The van der Waals surface area contributed by atoms with Crippen molar-refractivity contribution in [3.8, 4) is 0 Å². The van der Waals surface area contributed by atoms with E-state index in [0.717, 1.165) is 28.6 Å². The SMILES string of the molecule is CC(C)C1=NO[C@@H](C(=O)N2CCc3[nH]c4ccc(Cl)cc4c3C2)C1. The Hall–Kier alpha value is -2.01. The van der Waals surface area contributed by atoms with Crippen molar-refractivity contribution >= 4 is 34.1 Å². The van der Waals surface area contributed by atoms with Gasteiger partial charge in [0.15, 0.2) is 0 Å². The van der Waals surface area contributed by atoms with Crippen LogP contribution in [0.5, 0.6) is 0 Å². The first kappa shape index (κ1) is 15.5. The smallest absolute Gasteiger partial charge is 0.267 e. The fraction of sp³-hybridized carbons (Fsp3) is 0.444. The van der Waals surface area contributed by atoms with Gasteiger partial charge in [0.2, 0.25) is 6.10 Å². The summed E-state index contributed by atoms with van der Waals surface area (Å²) in [5.74, 6) is 0.336. The molecule has 1 amide bonds. The van der Waals surface area contributed by atoms with E-state index in [4.69, 9.17) is 16.4 Å². The zero-order valence-corrected chi connectivity index (χ0v) is 14.6. The van der Waals surface area contributed by atoms with E-state index in [9.17, 15) is 4.79 Å². The lowest BCUT2D eigenvalue weighted by Crippen LogP contribution is -2.42. The fourth-order valence-corrected chi connectivity index (χ4v) is 3.62. The summed E-state index contributed by atoms with van der Waals surface area (Å²) in [6, 6.07) is 5.84. The Morgan fingerprint density at radius 1 is 1.46 bits per heavy atom. The van der Waals surface area contributed by atoms with Gasteiger partial charge in [0, 0.05) is 53.1 Å².